The first-order valence-electron chi connectivity index (χ1n) is 9.55. The molecule has 0 atom stereocenters. The smallest absolute Gasteiger partial charge is 0.323 e. The number of pyridine rings is 1. The van der Waals surface area contributed by atoms with Crippen LogP contribution in [0.2, 0.25) is 0 Å². The maximum absolute atomic E-state index is 13.4. The summed E-state index contributed by atoms with van der Waals surface area (Å²) in [5.74, 6) is -0.901. The quantitative estimate of drug-likeness (QED) is 0.836. The maximum Gasteiger partial charge on any atom is 0.323 e. The Labute approximate surface area is 157 Å². The first-order valence-corrected chi connectivity index (χ1v) is 9.55. The van der Waals surface area contributed by atoms with Gasteiger partial charge in [0.2, 0.25) is 0 Å². The van der Waals surface area contributed by atoms with Crippen molar-refractivity contribution in [2.75, 3.05) is 6.54 Å². The van der Waals surface area contributed by atoms with Crippen LogP contribution in [0.1, 0.15) is 74.1 Å². The molecule has 2 aliphatic carbocycles. The zero-order valence-corrected chi connectivity index (χ0v) is 16.0. The maximum atomic E-state index is 13.4. The Balaban J connectivity index is 1.81. The number of rotatable bonds is 6. The topological polar surface area (TPSA) is 96.5 Å². The van der Waals surface area contributed by atoms with E-state index in [0.29, 0.717) is 34.7 Å². The van der Waals surface area contributed by atoms with Crippen molar-refractivity contribution in [3.8, 4) is 0 Å². The van der Waals surface area contributed by atoms with E-state index in [0.717, 1.165) is 31.4 Å². The average molecular weight is 371 g/mol. The third kappa shape index (κ3) is 3.82. The van der Waals surface area contributed by atoms with Crippen molar-refractivity contribution in [2.24, 2.45) is 5.41 Å². The van der Waals surface area contributed by atoms with Crippen LogP contribution in [-0.4, -0.2) is 44.6 Å². The van der Waals surface area contributed by atoms with Crippen LogP contribution in [0, 0.1) is 5.41 Å². The van der Waals surface area contributed by atoms with Gasteiger partial charge in [-0.25, -0.2) is 4.98 Å². The summed E-state index contributed by atoms with van der Waals surface area (Å²) >= 11 is 0. The molecule has 0 spiro atoms. The second-order valence-corrected chi connectivity index (χ2v) is 8.97. The van der Waals surface area contributed by atoms with E-state index in [4.69, 9.17) is 4.52 Å². The Bertz CT molecular complexity index is 904. The van der Waals surface area contributed by atoms with Gasteiger partial charge >= 0.3 is 5.97 Å². The van der Waals surface area contributed by atoms with E-state index in [1.165, 1.54) is 4.90 Å². The fourth-order valence-corrected chi connectivity index (χ4v) is 3.46. The Morgan fingerprint density at radius 3 is 2.52 bits per heavy atom. The van der Waals surface area contributed by atoms with Crippen LogP contribution in [0.3, 0.4) is 0 Å². The minimum Gasteiger partial charge on any atom is -0.480 e. The van der Waals surface area contributed by atoms with Gasteiger partial charge in [-0.05, 0) is 43.6 Å². The molecule has 7 heteroatoms. The fraction of sp³-hybridized carbons (Fsp3) is 0.600. The molecule has 2 heterocycles. The molecule has 2 aliphatic rings. The zero-order valence-electron chi connectivity index (χ0n) is 16.0. The molecule has 144 valence electrons. The fourth-order valence-electron chi connectivity index (χ4n) is 3.46. The molecule has 1 amide bonds. The summed E-state index contributed by atoms with van der Waals surface area (Å²) in [5.41, 5.74) is 2.39. The summed E-state index contributed by atoms with van der Waals surface area (Å²) < 4.78 is 5.49. The van der Waals surface area contributed by atoms with Gasteiger partial charge in [0.15, 0.2) is 0 Å². The van der Waals surface area contributed by atoms with E-state index in [-0.39, 0.29) is 23.9 Å². The van der Waals surface area contributed by atoms with Crippen LogP contribution >= 0.6 is 0 Å². The van der Waals surface area contributed by atoms with E-state index >= 15 is 0 Å². The number of carbonyl (C=O) groups is 2. The average Bonchev–Trinajstić information content (AvgIpc) is 3.48. The summed E-state index contributed by atoms with van der Waals surface area (Å²) in [4.78, 5) is 30.7. The molecule has 0 saturated heterocycles. The number of aliphatic carboxylic acids is 1. The first-order chi connectivity index (χ1) is 12.7. The molecule has 0 aromatic carbocycles. The lowest BCUT2D eigenvalue weighted by Gasteiger charge is -2.21. The van der Waals surface area contributed by atoms with E-state index < -0.39 is 5.97 Å². The predicted molar refractivity (Wildman–Crippen MR) is 98.6 cm³/mol. The monoisotopic (exact) mass is 371 g/mol. The van der Waals surface area contributed by atoms with Crippen LogP contribution in [-0.2, 0) is 11.2 Å². The highest BCUT2D eigenvalue weighted by Gasteiger charge is 2.37. The molecule has 27 heavy (non-hydrogen) atoms. The number of amides is 1. The van der Waals surface area contributed by atoms with Gasteiger partial charge in [-0.2, -0.15) is 0 Å². The summed E-state index contributed by atoms with van der Waals surface area (Å²) in [6, 6.07) is 1.84. The van der Waals surface area contributed by atoms with Crippen LogP contribution in [0.4, 0.5) is 0 Å². The number of hydrogen-bond donors (Lipinski definition) is 1. The van der Waals surface area contributed by atoms with Crippen molar-refractivity contribution in [3.05, 3.63) is 23.0 Å². The van der Waals surface area contributed by atoms with Crippen molar-refractivity contribution >= 4 is 23.0 Å². The van der Waals surface area contributed by atoms with E-state index in [2.05, 4.69) is 30.9 Å². The Hall–Kier alpha value is -2.44. The molecule has 0 unspecified atom stereocenters. The standard InChI is InChI=1S/C20H25N3O4/c1-20(2,3)9-15-17-13(19(26)23(10-16(24)25)12-6-7-12)8-14(11-4-5-11)21-18(17)27-22-15/h8,11-12H,4-7,9-10H2,1-3H3,(H,24,25). The molecule has 0 aliphatic heterocycles. The Kier molecular flexibility index (Phi) is 4.20. The Morgan fingerprint density at radius 2 is 1.96 bits per heavy atom. The second kappa shape index (κ2) is 6.32. The molecule has 0 bridgehead atoms. The van der Waals surface area contributed by atoms with Crippen LogP contribution < -0.4 is 0 Å². The second-order valence-electron chi connectivity index (χ2n) is 8.97. The number of carboxylic acids is 1. The lowest BCUT2D eigenvalue weighted by atomic mass is 9.89. The van der Waals surface area contributed by atoms with Crippen molar-refractivity contribution < 1.29 is 19.2 Å². The number of nitrogens with zero attached hydrogens (tertiary/aromatic N) is 3. The molecular weight excluding hydrogens is 346 g/mol. The lowest BCUT2D eigenvalue weighted by molar-refractivity contribution is -0.137. The summed E-state index contributed by atoms with van der Waals surface area (Å²) in [6.07, 6.45) is 4.45. The van der Waals surface area contributed by atoms with Crippen molar-refractivity contribution in [1.29, 1.82) is 0 Å². The number of aromatic nitrogens is 2. The normalized spacial score (nSPS) is 17.3. The number of hydrogen-bond acceptors (Lipinski definition) is 5. The van der Waals surface area contributed by atoms with Gasteiger partial charge in [0.1, 0.15) is 6.54 Å². The highest BCUT2D eigenvalue weighted by Crippen LogP contribution is 2.41. The third-order valence-corrected chi connectivity index (χ3v) is 5.01. The molecule has 2 aromatic rings. The van der Waals surface area contributed by atoms with Crippen molar-refractivity contribution in [2.45, 2.75) is 64.8 Å². The minimum absolute atomic E-state index is 0.00659. The van der Waals surface area contributed by atoms with Gasteiger partial charge in [-0.1, -0.05) is 25.9 Å². The molecule has 2 fully saturated rings. The summed E-state index contributed by atoms with van der Waals surface area (Å²) in [7, 11) is 0. The molecule has 1 N–H and O–H groups in total. The molecular formula is C20H25N3O4. The summed E-state index contributed by atoms with van der Waals surface area (Å²) in [6.45, 7) is 6.01. The van der Waals surface area contributed by atoms with Gasteiger partial charge in [0.25, 0.3) is 11.6 Å². The predicted octanol–water partition coefficient (Wildman–Crippen LogP) is 3.38. The number of carboxylic acid groups (broad SMARTS) is 1. The summed E-state index contributed by atoms with van der Waals surface area (Å²) in [5, 5.41) is 14.1. The molecule has 7 nitrogen and oxygen atoms in total. The van der Waals surface area contributed by atoms with E-state index in [9.17, 15) is 14.7 Å². The van der Waals surface area contributed by atoms with Gasteiger partial charge in [-0.3, -0.25) is 9.59 Å². The lowest BCUT2D eigenvalue weighted by Crippen LogP contribution is -2.37. The van der Waals surface area contributed by atoms with Crippen LogP contribution in [0.5, 0.6) is 0 Å². The Morgan fingerprint density at radius 1 is 1.26 bits per heavy atom. The molecule has 2 aromatic heterocycles. The molecule has 2 saturated carbocycles. The SMILES string of the molecule is CC(C)(C)Cc1noc2nc(C3CC3)cc(C(=O)N(CC(=O)O)C3CC3)c12. The largest absolute Gasteiger partial charge is 0.480 e. The van der Waals surface area contributed by atoms with Gasteiger partial charge in [0.05, 0.1) is 16.6 Å². The highest BCUT2D eigenvalue weighted by molar-refractivity contribution is 6.07. The van der Waals surface area contributed by atoms with Crippen LogP contribution in [0.15, 0.2) is 10.6 Å². The van der Waals surface area contributed by atoms with Crippen LogP contribution in [0.25, 0.3) is 11.1 Å². The zero-order chi connectivity index (χ0) is 19.3. The van der Waals surface area contributed by atoms with Gasteiger partial charge < -0.3 is 14.5 Å². The van der Waals surface area contributed by atoms with E-state index in [1.807, 2.05) is 6.07 Å². The van der Waals surface area contributed by atoms with Crippen molar-refractivity contribution in [3.63, 3.8) is 0 Å². The number of carbonyl (C=O) groups excluding carboxylic acids is 1. The highest BCUT2D eigenvalue weighted by atomic mass is 16.5. The molecule has 0 radical (unpaired) electrons. The first kappa shape index (κ1) is 17.9. The molecule has 4 rings (SSSR count). The minimum atomic E-state index is -0.997. The van der Waals surface area contributed by atoms with E-state index in [1.54, 1.807) is 0 Å². The van der Waals surface area contributed by atoms with Gasteiger partial charge in [-0.15, -0.1) is 0 Å². The van der Waals surface area contributed by atoms with Crippen molar-refractivity contribution in [1.82, 2.24) is 15.0 Å². The third-order valence-electron chi connectivity index (χ3n) is 5.01. The van der Waals surface area contributed by atoms with Gasteiger partial charge in [0, 0.05) is 17.7 Å². The number of fused-ring (bicyclic) bond motifs is 1.